The van der Waals surface area contributed by atoms with Gasteiger partial charge in [0.25, 0.3) is 11.6 Å². The van der Waals surface area contributed by atoms with Gasteiger partial charge in [-0.25, -0.2) is 9.96 Å². The van der Waals surface area contributed by atoms with Crippen LogP contribution in [0.4, 0.5) is 17.1 Å². The summed E-state index contributed by atoms with van der Waals surface area (Å²) in [6, 6.07) is 28.0. The number of rotatable bonds is 4. The number of anilines is 2. The highest BCUT2D eigenvalue weighted by Gasteiger charge is 2.60. The van der Waals surface area contributed by atoms with Crippen molar-refractivity contribution >= 4 is 39.6 Å². The van der Waals surface area contributed by atoms with Gasteiger partial charge in [0.15, 0.2) is 6.10 Å². The normalized spacial score (nSPS) is 21.5. The zero-order valence-corrected chi connectivity index (χ0v) is 18.4. The molecule has 6 rings (SSSR count). The Morgan fingerprint density at radius 1 is 0.743 bits per heavy atom. The predicted molar refractivity (Wildman–Crippen MR) is 130 cm³/mol. The van der Waals surface area contributed by atoms with Gasteiger partial charge in [0.2, 0.25) is 5.91 Å². The third kappa shape index (κ3) is 3.26. The summed E-state index contributed by atoms with van der Waals surface area (Å²) in [5.74, 6) is -1.67. The van der Waals surface area contributed by atoms with Crippen molar-refractivity contribution in [2.45, 2.75) is 12.1 Å². The van der Waals surface area contributed by atoms with E-state index in [0.717, 1.165) is 26.9 Å². The molecular formula is C27H19N3O5. The molecule has 0 spiro atoms. The maximum atomic E-state index is 13.8. The first-order valence-corrected chi connectivity index (χ1v) is 11.2. The summed E-state index contributed by atoms with van der Waals surface area (Å²) in [6.07, 6.45) is -1.01. The molecule has 4 aromatic rings. The maximum absolute atomic E-state index is 13.8. The van der Waals surface area contributed by atoms with Gasteiger partial charge >= 0.3 is 0 Å². The van der Waals surface area contributed by atoms with E-state index in [1.54, 1.807) is 5.06 Å². The van der Waals surface area contributed by atoms with E-state index in [2.05, 4.69) is 0 Å². The van der Waals surface area contributed by atoms with Crippen LogP contribution in [0, 0.1) is 16.0 Å². The van der Waals surface area contributed by atoms with E-state index in [9.17, 15) is 19.7 Å². The number of nitro groups is 1. The summed E-state index contributed by atoms with van der Waals surface area (Å²) < 4.78 is 0. The lowest BCUT2D eigenvalue weighted by Gasteiger charge is -2.29. The Balaban J connectivity index is 1.47. The van der Waals surface area contributed by atoms with Crippen molar-refractivity contribution in [2.75, 3.05) is 9.96 Å². The summed E-state index contributed by atoms with van der Waals surface area (Å²) in [5.41, 5.74) is 1.79. The van der Waals surface area contributed by atoms with Crippen LogP contribution in [0.25, 0.3) is 10.8 Å². The van der Waals surface area contributed by atoms with Crippen molar-refractivity contribution in [1.82, 2.24) is 0 Å². The van der Waals surface area contributed by atoms with E-state index in [-0.39, 0.29) is 11.4 Å². The molecule has 8 nitrogen and oxygen atoms in total. The molecule has 0 radical (unpaired) electrons. The Morgan fingerprint density at radius 2 is 1.43 bits per heavy atom. The quantitative estimate of drug-likeness (QED) is 0.244. The second kappa shape index (κ2) is 8.03. The average Bonchev–Trinajstić information content (AvgIpc) is 3.40. The van der Waals surface area contributed by atoms with Gasteiger partial charge in [0, 0.05) is 12.1 Å². The number of benzene rings is 4. The number of amides is 2. The lowest BCUT2D eigenvalue weighted by Crippen LogP contribution is -2.37. The van der Waals surface area contributed by atoms with Crippen LogP contribution < -0.4 is 9.96 Å². The fourth-order valence-corrected chi connectivity index (χ4v) is 5.02. The van der Waals surface area contributed by atoms with Crippen LogP contribution >= 0.6 is 0 Å². The lowest BCUT2D eigenvalue weighted by molar-refractivity contribution is -0.384. The van der Waals surface area contributed by atoms with E-state index >= 15 is 0 Å². The van der Waals surface area contributed by atoms with Crippen LogP contribution in [0.5, 0.6) is 0 Å². The first-order chi connectivity index (χ1) is 17.0. The summed E-state index contributed by atoms with van der Waals surface area (Å²) >= 11 is 0. The van der Waals surface area contributed by atoms with Crippen molar-refractivity contribution in [3.05, 3.63) is 113 Å². The lowest BCUT2D eigenvalue weighted by atomic mass is 9.87. The fraction of sp³-hybridized carbons (Fsp3) is 0.111. The highest BCUT2D eigenvalue weighted by molar-refractivity contribution is 6.24. The molecule has 0 unspecified atom stereocenters. The molecule has 172 valence electrons. The van der Waals surface area contributed by atoms with Crippen molar-refractivity contribution in [3.8, 4) is 0 Å². The van der Waals surface area contributed by atoms with E-state index in [4.69, 9.17) is 4.84 Å². The molecule has 0 aromatic heterocycles. The number of fused-ring (bicyclic) bond motifs is 2. The van der Waals surface area contributed by atoms with Crippen LogP contribution in [0.3, 0.4) is 0 Å². The van der Waals surface area contributed by atoms with Gasteiger partial charge in [-0.05, 0) is 40.6 Å². The molecule has 35 heavy (non-hydrogen) atoms. The average molecular weight is 465 g/mol. The number of nitro benzene ring substituents is 1. The van der Waals surface area contributed by atoms with Crippen LogP contribution in [-0.4, -0.2) is 22.8 Å². The second-order valence-electron chi connectivity index (χ2n) is 8.51. The van der Waals surface area contributed by atoms with Gasteiger partial charge in [-0.2, -0.15) is 0 Å². The Bertz CT molecular complexity index is 1470. The Kier molecular flexibility index (Phi) is 4.82. The number of hydroxylamine groups is 1. The summed E-state index contributed by atoms with van der Waals surface area (Å²) in [7, 11) is 0. The zero-order valence-electron chi connectivity index (χ0n) is 18.4. The number of non-ortho nitro benzene ring substituents is 1. The number of para-hydroxylation sites is 1. The molecule has 2 amide bonds. The number of carbonyl (C=O) groups excluding carboxylic acids is 2. The molecule has 2 aliphatic rings. The first kappa shape index (κ1) is 21.0. The van der Waals surface area contributed by atoms with Gasteiger partial charge in [-0.1, -0.05) is 60.7 Å². The number of hydrogen-bond acceptors (Lipinski definition) is 6. The minimum Gasteiger partial charge on any atom is -0.273 e. The number of hydrogen-bond donors (Lipinski definition) is 0. The van der Waals surface area contributed by atoms with Gasteiger partial charge in [0.05, 0.1) is 22.3 Å². The molecule has 3 atom stereocenters. The molecule has 0 N–H and O–H groups in total. The van der Waals surface area contributed by atoms with Gasteiger partial charge < -0.3 is 0 Å². The Morgan fingerprint density at radius 3 is 2.17 bits per heavy atom. The second-order valence-corrected chi connectivity index (χ2v) is 8.51. The SMILES string of the molecule is O=C1[C@H]2[C@@H](c3cccc4ccccc34)N(c3ccccc3)O[C@H]2C(=O)N1c1ccc([N+](=O)[O-])cc1. The number of imide groups is 1. The molecule has 2 aliphatic heterocycles. The highest BCUT2D eigenvalue weighted by atomic mass is 16.7. The summed E-state index contributed by atoms with van der Waals surface area (Å²) in [5, 5.41) is 14.7. The highest BCUT2D eigenvalue weighted by Crippen LogP contribution is 2.48. The monoisotopic (exact) mass is 465 g/mol. The fourth-order valence-electron chi connectivity index (χ4n) is 5.02. The van der Waals surface area contributed by atoms with Crippen molar-refractivity contribution in [3.63, 3.8) is 0 Å². The molecule has 2 saturated heterocycles. The van der Waals surface area contributed by atoms with E-state index in [1.807, 2.05) is 72.8 Å². The van der Waals surface area contributed by atoms with Crippen molar-refractivity contribution in [1.29, 1.82) is 0 Å². The minimum absolute atomic E-state index is 0.117. The smallest absolute Gasteiger partial charge is 0.269 e. The third-order valence-corrected chi connectivity index (χ3v) is 6.59. The van der Waals surface area contributed by atoms with Crippen LogP contribution in [0.15, 0.2) is 97.1 Å². The molecule has 4 aromatic carbocycles. The van der Waals surface area contributed by atoms with Crippen LogP contribution in [-0.2, 0) is 14.4 Å². The van der Waals surface area contributed by atoms with Gasteiger partial charge in [-0.15, -0.1) is 0 Å². The minimum atomic E-state index is -1.01. The largest absolute Gasteiger partial charge is 0.273 e. The van der Waals surface area contributed by atoms with E-state index in [1.165, 1.54) is 24.3 Å². The molecule has 0 saturated carbocycles. The molecule has 8 heteroatoms. The molecule has 2 heterocycles. The van der Waals surface area contributed by atoms with Gasteiger partial charge in [0.1, 0.15) is 5.92 Å². The topological polar surface area (TPSA) is 93.0 Å². The molecule has 0 bridgehead atoms. The first-order valence-electron chi connectivity index (χ1n) is 11.2. The maximum Gasteiger partial charge on any atom is 0.269 e. The van der Waals surface area contributed by atoms with Gasteiger partial charge in [-0.3, -0.25) is 24.5 Å². The van der Waals surface area contributed by atoms with E-state index in [0.29, 0.717) is 0 Å². The Labute approximate surface area is 200 Å². The molecular weight excluding hydrogens is 446 g/mol. The van der Waals surface area contributed by atoms with Crippen LogP contribution in [0.2, 0.25) is 0 Å². The van der Waals surface area contributed by atoms with Crippen molar-refractivity contribution < 1.29 is 19.3 Å². The standard InChI is InChI=1S/C27H19N3O5/c31-26-23-24(22-12-6-8-17-7-4-5-11-21(17)22)29(19-9-2-1-3-10-19)35-25(23)27(32)28(26)18-13-15-20(16-14-18)30(33)34/h1-16,23-25H/t23-,24+,25+/m0/s1. The number of nitrogens with zero attached hydrogens (tertiary/aromatic N) is 3. The molecule has 2 fully saturated rings. The van der Waals surface area contributed by atoms with Crippen molar-refractivity contribution in [2.24, 2.45) is 5.92 Å². The summed E-state index contributed by atoms with van der Waals surface area (Å²) in [6.45, 7) is 0. The summed E-state index contributed by atoms with van der Waals surface area (Å²) in [4.78, 5) is 45.0. The predicted octanol–water partition coefficient (Wildman–Crippen LogP) is 4.80. The van der Waals surface area contributed by atoms with Crippen LogP contribution in [0.1, 0.15) is 11.6 Å². The molecule has 0 aliphatic carbocycles. The number of carbonyl (C=O) groups is 2. The van der Waals surface area contributed by atoms with E-state index < -0.39 is 34.8 Å². The Hall–Kier alpha value is -4.56. The zero-order chi connectivity index (χ0) is 24.1. The third-order valence-electron chi connectivity index (χ3n) is 6.59.